The first-order valence-electron chi connectivity index (χ1n) is 11.2. The second-order valence-electron chi connectivity index (χ2n) is 8.93. The second kappa shape index (κ2) is 8.93. The number of aryl methyl sites for hydroxylation is 1. The Labute approximate surface area is 205 Å². The topological polar surface area (TPSA) is 49.0 Å². The monoisotopic (exact) mass is 507 g/mol. The molecule has 0 unspecified atom stereocenters. The van der Waals surface area contributed by atoms with Crippen molar-refractivity contribution in [2.24, 2.45) is 5.92 Å². The normalized spacial score (nSPS) is 20.6. The summed E-state index contributed by atoms with van der Waals surface area (Å²) >= 11 is 13.1. The highest BCUT2D eigenvalue weighted by atomic mass is 35.5. The molecular formula is C25H22Cl2F3N3O. The summed E-state index contributed by atoms with van der Waals surface area (Å²) in [7, 11) is 0. The number of fused-ring (bicyclic) bond motifs is 1. The molecule has 2 aromatic carbocycles. The van der Waals surface area contributed by atoms with E-state index in [9.17, 15) is 18.0 Å². The molecule has 5 rings (SSSR count). The number of hydrogen-bond donors (Lipinski definition) is 1. The van der Waals surface area contributed by atoms with Gasteiger partial charge in [-0.25, -0.2) is 0 Å². The summed E-state index contributed by atoms with van der Waals surface area (Å²) in [6.07, 6.45) is 1.46. The number of rotatable bonds is 4. The molecule has 2 atom stereocenters. The van der Waals surface area contributed by atoms with Crippen LogP contribution in [0.25, 0.3) is 11.1 Å². The molecule has 1 N–H and O–H groups in total. The van der Waals surface area contributed by atoms with Gasteiger partial charge >= 0.3 is 6.18 Å². The van der Waals surface area contributed by atoms with E-state index in [-0.39, 0.29) is 17.9 Å². The van der Waals surface area contributed by atoms with E-state index in [1.54, 1.807) is 12.1 Å². The van der Waals surface area contributed by atoms with Crippen molar-refractivity contribution in [3.05, 3.63) is 75.0 Å². The lowest BCUT2D eigenvalue weighted by Gasteiger charge is -2.31. The highest BCUT2D eigenvalue weighted by Gasteiger charge is 2.39. The number of benzene rings is 2. The van der Waals surface area contributed by atoms with Gasteiger partial charge in [-0.3, -0.25) is 9.89 Å². The molecule has 1 saturated heterocycles. The Morgan fingerprint density at radius 2 is 1.76 bits per heavy atom. The molecule has 4 nitrogen and oxygen atoms in total. The number of hydrogen-bond acceptors (Lipinski definition) is 2. The zero-order valence-electron chi connectivity index (χ0n) is 18.1. The molecule has 3 aromatic rings. The van der Waals surface area contributed by atoms with Crippen molar-refractivity contribution in [1.29, 1.82) is 0 Å². The minimum atomic E-state index is -4.39. The summed E-state index contributed by atoms with van der Waals surface area (Å²) in [5, 5.41) is 8.01. The Hall–Kier alpha value is -2.51. The first-order valence-corrected chi connectivity index (χ1v) is 12.0. The van der Waals surface area contributed by atoms with Crippen molar-refractivity contribution in [1.82, 2.24) is 15.1 Å². The lowest BCUT2D eigenvalue weighted by molar-refractivity contribution is -0.137. The fourth-order valence-corrected chi connectivity index (χ4v) is 5.73. The molecule has 9 heteroatoms. The maximum absolute atomic E-state index is 13.3. The summed E-state index contributed by atoms with van der Waals surface area (Å²) < 4.78 is 38.6. The summed E-state index contributed by atoms with van der Waals surface area (Å²) in [4.78, 5) is 15.2. The first-order chi connectivity index (χ1) is 16.2. The number of nitrogens with one attached hydrogen (secondary N) is 1. The van der Waals surface area contributed by atoms with Crippen molar-refractivity contribution < 1.29 is 18.0 Å². The van der Waals surface area contributed by atoms with Crippen LogP contribution in [0.3, 0.4) is 0 Å². The smallest absolute Gasteiger partial charge is 0.335 e. The van der Waals surface area contributed by atoms with Gasteiger partial charge in [0.1, 0.15) is 0 Å². The molecule has 1 amide bonds. The minimum Gasteiger partial charge on any atom is -0.335 e. The van der Waals surface area contributed by atoms with Gasteiger partial charge in [-0.2, -0.15) is 18.3 Å². The number of carbonyl (C=O) groups is 1. The number of aromatic nitrogens is 2. The summed E-state index contributed by atoms with van der Waals surface area (Å²) in [5.74, 6) is -0.123. The standard InChI is InChI=1S/C25H22Cl2F3N3O/c26-20-11-16(14-4-6-17(7-5-14)25(28,29)30)12-21(27)18(20)10-15-8-9-33(24(15)34)23-3-1-2-22-19(23)13-31-32-22/h4-7,11-13,15,23H,1-3,8-10H2,(H,31,32)/t15-,23-/m0/s1. The third-order valence-corrected chi connectivity index (χ3v) is 7.55. The van der Waals surface area contributed by atoms with Crippen LogP contribution in [0.15, 0.2) is 42.6 Å². The van der Waals surface area contributed by atoms with Crippen LogP contribution in [0, 0.1) is 5.92 Å². The quantitative estimate of drug-likeness (QED) is 0.418. The van der Waals surface area contributed by atoms with Gasteiger partial charge in [-0.05, 0) is 73.1 Å². The Morgan fingerprint density at radius 3 is 2.44 bits per heavy atom. The van der Waals surface area contributed by atoms with E-state index < -0.39 is 11.7 Å². The highest BCUT2D eigenvalue weighted by molar-refractivity contribution is 6.36. The Kier molecular flexibility index (Phi) is 6.10. The average molecular weight is 508 g/mol. The van der Waals surface area contributed by atoms with Crippen LogP contribution in [-0.4, -0.2) is 27.5 Å². The van der Waals surface area contributed by atoms with Crippen molar-refractivity contribution in [2.75, 3.05) is 6.54 Å². The highest BCUT2D eigenvalue weighted by Crippen LogP contribution is 2.40. The van der Waals surface area contributed by atoms with Gasteiger partial charge in [0, 0.05) is 33.8 Å². The molecule has 178 valence electrons. The van der Waals surface area contributed by atoms with Crippen molar-refractivity contribution >= 4 is 29.1 Å². The van der Waals surface area contributed by atoms with E-state index in [0.717, 1.165) is 49.1 Å². The number of halogens is 5. The van der Waals surface area contributed by atoms with Crippen LogP contribution in [0.1, 0.15) is 47.7 Å². The van der Waals surface area contributed by atoms with Crippen LogP contribution < -0.4 is 0 Å². The Balaban J connectivity index is 1.33. The number of amides is 1. The molecule has 0 spiro atoms. The Bertz CT molecular complexity index is 1200. The molecule has 1 aromatic heterocycles. The third kappa shape index (κ3) is 4.31. The number of aromatic amines is 1. The van der Waals surface area contributed by atoms with E-state index in [0.29, 0.717) is 39.7 Å². The van der Waals surface area contributed by atoms with Crippen LogP contribution in [0.4, 0.5) is 13.2 Å². The van der Waals surface area contributed by atoms with E-state index in [4.69, 9.17) is 23.2 Å². The fraction of sp³-hybridized carbons (Fsp3) is 0.360. The summed E-state index contributed by atoms with van der Waals surface area (Å²) in [5.41, 5.74) is 3.40. The average Bonchev–Trinajstić information content (AvgIpc) is 3.42. The van der Waals surface area contributed by atoms with Crippen LogP contribution in [0.5, 0.6) is 0 Å². The van der Waals surface area contributed by atoms with Crippen molar-refractivity contribution in [3.63, 3.8) is 0 Å². The molecule has 1 aliphatic heterocycles. The number of carbonyl (C=O) groups excluding carboxylic acids is 1. The van der Waals surface area contributed by atoms with Gasteiger partial charge in [0.25, 0.3) is 0 Å². The molecule has 0 radical (unpaired) electrons. The minimum absolute atomic E-state index is 0.0491. The maximum Gasteiger partial charge on any atom is 0.416 e. The predicted molar refractivity (Wildman–Crippen MR) is 125 cm³/mol. The first kappa shape index (κ1) is 23.2. The molecule has 0 saturated carbocycles. The number of H-pyrrole nitrogens is 1. The van der Waals surface area contributed by atoms with E-state index in [1.807, 2.05) is 11.1 Å². The van der Waals surface area contributed by atoms with E-state index in [1.165, 1.54) is 12.1 Å². The number of nitrogens with zero attached hydrogens (tertiary/aromatic N) is 2. The largest absolute Gasteiger partial charge is 0.416 e. The van der Waals surface area contributed by atoms with Crippen molar-refractivity contribution in [3.8, 4) is 11.1 Å². The lowest BCUT2D eigenvalue weighted by atomic mass is 9.91. The van der Waals surface area contributed by atoms with Gasteiger partial charge in [0.2, 0.25) is 5.91 Å². The SMILES string of the molecule is O=C1[C@H](Cc2c(Cl)cc(-c3ccc(C(F)(F)F)cc3)cc2Cl)CCN1[C@H]1CCCc2[nH]ncc21. The molecular weight excluding hydrogens is 486 g/mol. The van der Waals surface area contributed by atoms with Crippen LogP contribution in [-0.2, 0) is 23.8 Å². The molecule has 2 heterocycles. The van der Waals surface area contributed by atoms with Gasteiger partial charge in [0.05, 0.1) is 17.8 Å². The van der Waals surface area contributed by atoms with Crippen molar-refractivity contribution in [2.45, 2.75) is 44.3 Å². The number of likely N-dealkylation sites (tertiary alicyclic amines) is 1. The summed E-state index contributed by atoms with van der Waals surface area (Å²) in [6.45, 7) is 0.678. The molecule has 1 aliphatic carbocycles. The van der Waals surface area contributed by atoms with E-state index >= 15 is 0 Å². The zero-order valence-corrected chi connectivity index (χ0v) is 19.6. The molecule has 2 aliphatic rings. The molecule has 34 heavy (non-hydrogen) atoms. The maximum atomic E-state index is 13.3. The lowest BCUT2D eigenvalue weighted by Crippen LogP contribution is -2.34. The van der Waals surface area contributed by atoms with Gasteiger partial charge < -0.3 is 4.90 Å². The third-order valence-electron chi connectivity index (χ3n) is 6.88. The van der Waals surface area contributed by atoms with Crippen LogP contribution >= 0.6 is 23.2 Å². The second-order valence-corrected chi connectivity index (χ2v) is 9.74. The van der Waals surface area contributed by atoms with Gasteiger partial charge in [-0.15, -0.1) is 0 Å². The molecule has 0 bridgehead atoms. The molecule has 1 fully saturated rings. The predicted octanol–water partition coefficient (Wildman–Crippen LogP) is 6.87. The zero-order chi connectivity index (χ0) is 24.0. The van der Waals surface area contributed by atoms with Crippen LogP contribution in [0.2, 0.25) is 10.0 Å². The van der Waals surface area contributed by atoms with Gasteiger partial charge in [-0.1, -0.05) is 35.3 Å². The number of alkyl halides is 3. The van der Waals surface area contributed by atoms with Gasteiger partial charge in [0.15, 0.2) is 0 Å². The Morgan fingerprint density at radius 1 is 1.06 bits per heavy atom. The summed E-state index contributed by atoms with van der Waals surface area (Å²) in [6, 6.07) is 8.31. The fourth-order valence-electron chi connectivity index (χ4n) is 5.09. The van der Waals surface area contributed by atoms with E-state index in [2.05, 4.69) is 10.2 Å².